The van der Waals surface area contributed by atoms with E-state index in [0.29, 0.717) is 17.4 Å². The van der Waals surface area contributed by atoms with E-state index in [2.05, 4.69) is 32.8 Å². The van der Waals surface area contributed by atoms with Crippen LogP contribution in [-0.2, 0) is 6.42 Å². The fraction of sp³-hybridized carbons (Fsp3) is 0.333. The number of ether oxygens (including phenoxy) is 2. The lowest BCUT2D eigenvalue weighted by molar-refractivity contribution is 0.395. The molecule has 112 valence electrons. The second kappa shape index (κ2) is 6.76. The number of halogens is 1. The molecule has 2 rings (SSSR count). The summed E-state index contributed by atoms with van der Waals surface area (Å²) >= 11 is 3.45. The van der Waals surface area contributed by atoms with E-state index in [4.69, 9.17) is 15.2 Å². The number of aromatic nitrogens is 2. The van der Waals surface area contributed by atoms with E-state index in [9.17, 15) is 0 Å². The van der Waals surface area contributed by atoms with Crippen molar-refractivity contribution in [2.45, 2.75) is 19.8 Å². The van der Waals surface area contributed by atoms with Crippen molar-refractivity contribution in [3.8, 4) is 22.9 Å². The molecule has 2 aromatic rings. The van der Waals surface area contributed by atoms with E-state index >= 15 is 0 Å². The molecule has 0 radical (unpaired) electrons. The first-order valence-corrected chi connectivity index (χ1v) is 7.44. The summed E-state index contributed by atoms with van der Waals surface area (Å²) in [5.74, 6) is 2.35. The van der Waals surface area contributed by atoms with E-state index in [1.807, 2.05) is 12.1 Å². The second-order valence-electron chi connectivity index (χ2n) is 4.51. The van der Waals surface area contributed by atoms with Crippen LogP contribution in [0.4, 0.5) is 5.82 Å². The second-order valence-corrected chi connectivity index (χ2v) is 5.30. The average molecular weight is 352 g/mol. The van der Waals surface area contributed by atoms with Gasteiger partial charge in [0, 0.05) is 6.07 Å². The van der Waals surface area contributed by atoms with Gasteiger partial charge in [0.1, 0.15) is 17.3 Å². The Labute approximate surface area is 132 Å². The Balaban J connectivity index is 2.56. The molecule has 0 unspecified atom stereocenters. The largest absolute Gasteiger partial charge is 0.497 e. The van der Waals surface area contributed by atoms with Crippen molar-refractivity contribution in [2.75, 3.05) is 20.0 Å². The molecule has 5 nitrogen and oxygen atoms in total. The molecule has 2 N–H and O–H groups in total. The standard InChI is InChI=1S/C15H18BrN3O2/c1-4-5-11-13(16)14(17)19-15(18-11)10-7-6-9(20-2)8-12(10)21-3/h6-8H,4-5H2,1-3H3,(H2,17,18,19). The molecule has 0 amide bonds. The summed E-state index contributed by atoms with van der Waals surface area (Å²) in [4.78, 5) is 8.95. The molecule has 0 bridgehead atoms. The number of rotatable bonds is 5. The number of anilines is 1. The van der Waals surface area contributed by atoms with Gasteiger partial charge in [0.15, 0.2) is 5.82 Å². The first kappa shape index (κ1) is 15.6. The Bertz CT molecular complexity index is 647. The predicted octanol–water partition coefficient (Wildman–Crippen LogP) is 3.46. The van der Waals surface area contributed by atoms with Gasteiger partial charge in [-0.2, -0.15) is 0 Å². The predicted molar refractivity (Wildman–Crippen MR) is 86.7 cm³/mol. The SMILES string of the molecule is CCCc1nc(-c2ccc(OC)cc2OC)nc(N)c1Br. The molecule has 1 aromatic carbocycles. The lowest BCUT2D eigenvalue weighted by Gasteiger charge is -2.12. The molecule has 0 aliphatic heterocycles. The Morgan fingerprint density at radius 2 is 1.95 bits per heavy atom. The topological polar surface area (TPSA) is 70.3 Å². The third-order valence-corrected chi connectivity index (χ3v) is 3.95. The van der Waals surface area contributed by atoms with Crippen LogP contribution in [0.25, 0.3) is 11.4 Å². The van der Waals surface area contributed by atoms with Gasteiger partial charge in [-0.25, -0.2) is 9.97 Å². The van der Waals surface area contributed by atoms with Gasteiger partial charge in [0.2, 0.25) is 0 Å². The van der Waals surface area contributed by atoms with Crippen molar-refractivity contribution in [1.29, 1.82) is 0 Å². The maximum atomic E-state index is 5.97. The Morgan fingerprint density at radius 1 is 1.19 bits per heavy atom. The van der Waals surface area contributed by atoms with Crippen molar-refractivity contribution in [3.05, 3.63) is 28.4 Å². The molecular weight excluding hydrogens is 334 g/mol. The molecule has 0 saturated carbocycles. The summed E-state index contributed by atoms with van der Waals surface area (Å²) in [6, 6.07) is 5.52. The van der Waals surface area contributed by atoms with Gasteiger partial charge in [-0.1, -0.05) is 13.3 Å². The minimum absolute atomic E-state index is 0.432. The summed E-state index contributed by atoms with van der Waals surface area (Å²) in [6.45, 7) is 2.10. The molecule has 21 heavy (non-hydrogen) atoms. The average Bonchev–Trinajstić information content (AvgIpc) is 2.51. The van der Waals surface area contributed by atoms with Gasteiger partial charge in [-0.15, -0.1) is 0 Å². The number of nitrogens with two attached hydrogens (primary N) is 1. The number of benzene rings is 1. The Hall–Kier alpha value is -1.82. The van der Waals surface area contributed by atoms with E-state index in [1.54, 1.807) is 20.3 Å². The summed E-state index contributed by atoms with van der Waals surface area (Å²) in [5, 5.41) is 0. The fourth-order valence-corrected chi connectivity index (χ4v) is 2.39. The monoisotopic (exact) mass is 351 g/mol. The van der Waals surface area contributed by atoms with E-state index in [1.165, 1.54) is 0 Å². The number of methoxy groups -OCH3 is 2. The van der Waals surface area contributed by atoms with Crippen LogP contribution in [0, 0.1) is 0 Å². The fourth-order valence-electron chi connectivity index (χ4n) is 2.02. The third kappa shape index (κ3) is 3.26. The zero-order valence-electron chi connectivity index (χ0n) is 12.3. The first-order chi connectivity index (χ1) is 10.1. The van der Waals surface area contributed by atoms with Crippen LogP contribution < -0.4 is 15.2 Å². The highest BCUT2D eigenvalue weighted by molar-refractivity contribution is 9.10. The van der Waals surface area contributed by atoms with Crippen LogP contribution in [-0.4, -0.2) is 24.2 Å². The summed E-state index contributed by atoms with van der Waals surface area (Å²) in [7, 11) is 3.22. The van der Waals surface area contributed by atoms with E-state index in [-0.39, 0.29) is 0 Å². The number of hydrogen-bond donors (Lipinski definition) is 1. The number of nitrogens with zero attached hydrogens (tertiary/aromatic N) is 2. The summed E-state index contributed by atoms with van der Waals surface area (Å²) in [6.07, 6.45) is 1.81. The maximum Gasteiger partial charge on any atom is 0.165 e. The van der Waals surface area contributed by atoms with E-state index in [0.717, 1.165) is 34.3 Å². The maximum absolute atomic E-state index is 5.97. The van der Waals surface area contributed by atoms with Crippen molar-refractivity contribution in [1.82, 2.24) is 9.97 Å². The smallest absolute Gasteiger partial charge is 0.165 e. The van der Waals surface area contributed by atoms with Gasteiger partial charge < -0.3 is 15.2 Å². The van der Waals surface area contributed by atoms with Crippen LogP contribution in [0.15, 0.2) is 22.7 Å². The molecule has 1 aromatic heterocycles. The highest BCUT2D eigenvalue weighted by Crippen LogP contribution is 2.33. The Morgan fingerprint density at radius 3 is 2.57 bits per heavy atom. The number of nitrogen functional groups attached to an aromatic ring is 1. The molecule has 0 saturated heterocycles. The molecular formula is C15H18BrN3O2. The highest BCUT2D eigenvalue weighted by Gasteiger charge is 2.15. The normalized spacial score (nSPS) is 10.5. The van der Waals surface area contributed by atoms with Crippen molar-refractivity contribution in [3.63, 3.8) is 0 Å². The number of hydrogen-bond acceptors (Lipinski definition) is 5. The molecule has 0 fully saturated rings. The van der Waals surface area contributed by atoms with Crippen LogP contribution in [0.1, 0.15) is 19.0 Å². The lowest BCUT2D eigenvalue weighted by Crippen LogP contribution is -2.03. The first-order valence-electron chi connectivity index (χ1n) is 6.65. The van der Waals surface area contributed by atoms with Crippen molar-refractivity contribution < 1.29 is 9.47 Å². The Kier molecular flexibility index (Phi) is 5.01. The highest BCUT2D eigenvalue weighted by atomic mass is 79.9. The molecule has 6 heteroatoms. The minimum atomic E-state index is 0.432. The van der Waals surface area contributed by atoms with Gasteiger partial charge in [0.05, 0.1) is 29.9 Å². The lowest BCUT2D eigenvalue weighted by atomic mass is 10.1. The zero-order chi connectivity index (χ0) is 15.4. The molecule has 0 aliphatic carbocycles. The third-order valence-electron chi connectivity index (χ3n) is 3.08. The summed E-state index contributed by atoms with van der Waals surface area (Å²) in [5.41, 5.74) is 7.66. The van der Waals surface area contributed by atoms with E-state index < -0.39 is 0 Å². The summed E-state index contributed by atoms with van der Waals surface area (Å²) < 4.78 is 11.4. The molecule has 0 aliphatic rings. The van der Waals surface area contributed by atoms with Gasteiger partial charge in [-0.3, -0.25) is 0 Å². The van der Waals surface area contributed by atoms with Crippen LogP contribution >= 0.6 is 15.9 Å². The van der Waals surface area contributed by atoms with Gasteiger partial charge in [-0.05, 0) is 34.5 Å². The van der Waals surface area contributed by atoms with Crippen LogP contribution in [0.5, 0.6) is 11.5 Å². The molecule has 0 atom stereocenters. The quantitative estimate of drug-likeness (QED) is 0.892. The molecule has 0 spiro atoms. The molecule has 1 heterocycles. The number of aryl methyl sites for hydroxylation is 1. The van der Waals surface area contributed by atoms with Gasteiger partial charge in [0.25, 0.3) is 0 Å². The van der Waals surface area contributed by atoms with Crippen LogP contribution in [0.2, 0.25) is 0 Å². The van der Waals surface area contributed by atoms with Gasteiger partial charge >= 0.3 is 0 Å². The zero-order valence-corrected chi connectivity index (χ0v) is 13.9. The van der Waals surface area contributed by atoms with Crippen LogP contribution in [0.3, 0.4) is 0 Å². The van der Waals surface area contributed by atoms with Crippen molar-refractivity contribution in [2.24, 2.45) is 0 Å². The minimum Gasteiger partial charge on any atom is -0.497 e. The van der Waals surface area contributed by atoms with Crippen molar-refractivity contribution >= 4 is 21.7 Å².